The Morgan fingerprint density at radius 3 is 2.48 bits per heavy atom. The summed E-state index contributed by atoms with van der Waals surface area (Å²) in [6, 6.07) is 9.62. The predicted octanol–water partition coefficient (Wildman–Crippen LogP) is 6.26. The van der Waals surface area contributed by atoms with Crippen LogP contribution in [0.15, 0.2) is 47.9 Å². The SMILES string of the molecule is Cc1cc(OCc2nnc(SC3CCCC3)n2-c2cccnc2)ccc1C#CCOC(=O)NCCOCCNC(=O)CC1C2CC3CC(C2)CC1C3. The third-order valence-corrected chi connectivity index (χ3v) is 12.5. The molecule has 2 N–H and O–H groups in total. The lowest BCUT2D eigenvalue weighted by Crippen LogP contribution is -2.46. The first-order valence-electron chi connectivity index (χ1n) is 19.0. The van der Waals surface area contributed by atoms with Crippen LogP contribution < -0.4 is 15.4 Å². The number of hydrogen-bond donors (Lipinski definition) is 2. The molecule has 12 heteroatoms. The standard InChI is InChI=1S/C40H50N6O5S/c1-27-18-34(51-26-37-44-45-39(52-35-8-2-3-9-35)46(37)33-7-4-12-41-25-33)11-10-30(27)6-5-15-50-40(48)43-14-17-49-16-13-42-38(47)24-36-31-20-28-19-29(22-31)23-32(36)21-28/h4,7,10-12,18,25,28-29,31-32,35-36H,2-3,8-9,13-17,19-24,26H2,1H3,(H,42,47)(H,43,48). The maximum Gasteiger partial charge on any atom is 0.408 e. The van der Waals surface area contributed by atoms with Crippen molar-refractivity contribution in [2.45, 2.75) is 88.1 Å². The highest BCUT2D eigenvalue weighted by Gasteiger charge is 2.48. The van der Waals surface area contributed by atoms with Gasteiger partial charge in [-0.1, -0.05) is 36.4 Å². The van der Waals surface area contributed by atoms with Crippen molar-refractivity contribution in [3.63, 3.8) is 0 Å². The van der Waals surface area contributed by atoms with Gasteiger partial charge in [0.25, 0.3) is 0 Å². The molecule has 11 nitrogen and oxygen atoms in total. The van der Waals surface area contributed by atoms with Crippen LogP contribution in [0.3, 0.4) is 0 Å². The lowest BCUT2D eigenvalue weighted by atomic mass is 9.51. The maximum absolute atomic E-state index is 12.6. The quantitative estimate of drug-likeness (QED) is 0.138. The molecule has 2 heterocycles. The van der Waals surface area contributed by atoms with E-state index in [0.717, 1.165) is 45.6 Å². The Morgan fingerprint density at radius 1 is 0.981 bits per heavy atom. The van der Waals surface area contributed by atoms with Gasteiger partial charge in [-0.25, -0.2) is 4.79 Å². The van der Waals surface area contributed by atoms with Crippen LogP contribution in [-0.4, -0.2) is 69.9 Å². The summed E-state index contributed by atoms with van der Waals surface area (Å²) < 4.78 is 19.0. The Kier molecular flexibility index (Phi) is 12.3. The molecule has 0 spiro atoms. The number of thioether (sulfide) groups is 1. The first-order chi connectivity index (χ1) is 25.5. The molecule has 1 aromatic carbocycles. The molecule has 8 rings (SSSR count). The molecule has 276 valence electrons. The Balaban J connectivity index is 0.775. The summed E-state index contributed by atoms with van der Waals surface area (Å²) in [7, 11) is 0. The number of nitrogens with zero attached hydrogens (tertiary/aromatic N) is 4. The fraction of sp³-hybridized carbons (Fsp3) is 0.575. The van der Waals surface area contributed by atoms with E-state index < -0.39 is 6.09 Å². The van der Waals surface area contributed by atoms with Crippen LogP contribution in [0.25, 0.3) is 5.69 Å². The highest BCUT2D eigenvalue weighted by Crippen LogP contribution is 2.57. The van der Waals surface area contributed by atoms with Crippen molar-refractivity contribution >= 4 is 23.8 Å². The zero-order valence-corrected chi connectivity index (χ0v) is 30.9. The van der Waals surface area contributed by atoms with Crippen LogP contribution in [0.5, 0.6) is 5.75 Å². The monoisotopic (exact) mass is 726 g/mol. The van der Waals surface area contributed by atoms with Crippen molar-refractivity contribution in [3.8, 4) is 23.3 Å². The lowest BCUT2D eigenvalue weighted by molar-refractivity contribution is -0.126. The second-order valence-electron chi connectivity index (χ2n) is 14.8. The molecule has 52 heavy (non-hydrogen) atoms. The normalized spacial score (nSPS) is 23.2. The second kappa shape index (κ2) is 17.6. The van der Waals surface area contributed by atoms with E-state index >= 15 is 0 Å². The zero-order valence-electron chi connectivity index (χ0n) is 30.1. The number of rotatable bonds is 15. The molecule has 0 radical (unpaired) electrons. The van der Waals surface area contributed by atoms with E-state index in [1.807, 2.05) is 48.0 Å². The molecule has 5 fully saturated rings. The molecule has 2 amide bonds. The van der Waals surface area contributed by atoms with Gasteiger partial charge in [-0.05, 0) is 117 Å². The van der Waals surface area contributed by atoms with Gasteiger partial charge < -0.3 is 24.8 Å². The Labute approximate surface area is 310 Å². The van der Waals surface area contributed by atoms with Gasteiger partial charge in [0.15, 0.2) is 17.6 Å². The fourth-order valence-electron chi connectivity index (χ4n) is 8.92. The van der Waals surface area contributed by atoms with Crippen LogP contribution in [-0.2, 0) is 20.9 Å². The van der Waals surface area contributed by atoms with Crippen molar-refractivity contribution in [1.29, 1.82) is 0 Å². The van der Waals surface area contributed by atoms with Crippen LogP contribution in [0.1, 0.15) is 81.2 Å². The molecule has 4 bridgehead atoms. The number of hydrogen-bond acceptors (Lipinski definition) is 9. The van der Waals surface area contributed by atoms with Gasteiger partial charge in [0.05, 0.1) is 25.1 Å². The Bertz CT molecular complexity index is 1700. The molecule has 3 aromatic rings. The van der Waals surface area contributed by atoms with E-state index in [2.05, 4.69) is 37.7 Å². The van der Waals surface area contributed by atoms with E-state index in [0.29, 0.717) is 55.5 Å². The highest BCUT2D eigenvalue weighted by atomic mass is 32.2. The van der Waals surface area contributed by atoms with Gasteiger partial charge in [-0.2, -0.15) is 0 Å². The molecular formula is C40H50N6O5S. The summed E-state index contributed by atoms with van der Waals surface area (Å²) in [6.45, 7) is 3.72. The first kappa shape index (κ1) is 36.3. The minimum Gasteiger partial charge on any atom is -0.486 e. The Morgan fingerprint density at radius 2 is 1.75 bits per heavy atom. The van der Waals surface area contributed by atoms with E-state index in [9.17, 15) is 9.59 Å². The molecule has 2 aromatic heterocycles. The molecule has 5 aliphatic carbocycles. The summed E-state index contributed by atoms with van der Waals surface area (Å²) >= 11 is 1.78. The second-order valence-corrected chi connectivity index (χ2v) is 16.1. The van der Waals surface area contributed by atoms with Crippen LogP contribution in [0.2, 0.25) is 0 Å². The molecule has 0 aliphatic heterocycles. The van der Waals surface area contributed by atoms with Crippen LogP contribution in [0, 0.1) is 48.4 Å². The van der Waals surface area contributed by atoms with Crippen molar-refractivity contribution in [2.24, 2.45) is 29.6 Å². The number of ether oxygens (including phenoxy) is 3. The fourth-order valence-corrected chi connectivity index (χ4v) is 10.2. The molecule has 0 saturated heterocycles. The Hall–Kier alpha value is -4.08. The zero-order chi connectivity index (χ0) is 35.7. The number of carbonyl (C=O) groups excluding carboxylic acids is 2. The van der Waals surface area contributed by atoms with Gasteiger partial charge >= 0.3 is 6.09 Å². The van der Waals surface area contributed by atoms with Gasteiger partial charge in [0, 0.05) is 36.5 Å². The van der Waals surface area contributed by atoms with Crippen molar-refractivity contribution in [2.75, 3.05) is 32.9 Å². The van der Waals surface area contributed by atoms with Gasteiger partial charge in [-0.15, -0.1) is 10.2 Å². The molecule has 5 aliphatic rings. The number of nitrogens with one attached hydrogen (secondary N) is 2. The average molecular weight is 727 g/mol. The molecule has 0 unspecified atom stereocenters. The van der Waals surface area contributed by atoms with Crippen molar-refractivity contribution < 1.29 is 23.8 Å². The predicted molar refractivity (Wildman–Crippen MR) is 198 cm³/mol. The van der Waals surface area contributed by atoms with Gasteiger partial charge in [0.2, 0.25) is 5.91 Å². The van der Waals surface area contributed by atoms with Crippen molar-refractivity contribution in [1.82, 2.24) is 30.4 Å². The summed E-state index contributed by atoms with van der Waals surface area (Å²) in [5.41, 5.74) is 2.68. The molecule has 0 atom stereocenters. The number of aromatic nitrogens is 4. The number of alkyl carbamates (subject to hydrolysis) is 1. The summed E-state index contributed by atoms with van der Waals surface area (Å²) in [5.74, 6) is 11.5. The van der Waals surface area contributed by atoms with E-state index in [4.69, 9.17) is 14.2 Å². The first-order valence-corrected chi connectivity index (χ1v) is 19.8. The number of amides is 2. The number of aryl methyl sites for hydroxylation is 1. The smallest absolute Gasteiger partial charge is 0.408 e. The number of benzene rings is 1. The minimum atomic E-state index is -0.550. The van der Waals surface area contributed by atoms with Crippen molar-refractivity contribution in [3.05, 3.63) is 59.7 Å². The van der Waals surface area contributed by atoms with Gasteiger partial charge in [0.1, 0.15) is 12.4 Å². The minimum absolute atomic E-state index is 0.0361. The number of pyridine rings is 1. The van der Waals surface area contributed by atoms with E-state index in [1.54, 1.807) is 18.0 Å². The average Bonchev–Trinajstić information content (AvgIpc) is 3.81. The highest BCUT2D eigenvalue weighted by molar-refractivity contribution is 7.99. The van der Waals surface area contributed by atoms with Gasteiger partial charge in [-0.3, -0.25) is 14.3 Å². The molecular weight excluding hydrogens is 677 g/mol. The number of carbonyl (C=O) groups is 2. The lowest BCUT2D eigenvalue weighted by Gasteiger charge is -2.54. The topological polar surface area (TPSA) is 129 Å². The third kappa shape index (κ3) is 9.47. The largest absolute Gasteiger partial charge is 0.486 e. The summed E-state index contributed by atoms with van der Waals surface area (Å²) in [4.78, 5) is 29.0. The van der Waals surface area contributed by atoms with E-state index in [1.165, 1.54) is 57.8 Å². The van der Waals surface area contributed by atoms with Crippen LogP contribution >= 0.6 is 11.8 Å². The summed E-state index contributed by atoms with van der Waals surface area (Å²) in [5, 5.41) is 16.1. The van der Waals surface area contributed by atoms with Crippen LogP contribution in [0.4, 0.5) is 4.79 Å². The summed E-state index contributed by atoms with van der Waals surface area (Å²) in [6.07, 6.45) is 15.4. The third-order valence-electron chi connectivity index (χ3n) is 11.2. The van der Waals surface area contributed by atoms with E-state index in [-0.39, 0.29) is 19.1 Å². The molecule has 5 saturated carbocycles. The maximum atomic E-state index is 12.6.